The highest BCUT2D eigenvalue weighted by atomic mass is 16.3. The lowest BCUT2D eigenvalue weighted by atomic mass is 10.0. The largest absolute Gasteiger partial charge is 0.396 e. The quantitative estimate of drug-likeness (QED) is 0.670. The average molecular weight is 252 g/mol. The van der Waals surface area contributed by atoms with Crippen LogP contribution in [0.5, 0.6) is 0 Å². The number of hydrogen-bond donors (Lipinski definition) is 3. The van der Waals surface area contributed by atoms with Gasteiger partial charge >= 0.3 is 0 Å². The van der Waals surface area contributed by atoms with Gasteiger partial charge in [0, 0.05) is 19.1 Å². The van der Waals surface area contributed by atoms with Gasteiger partial charge in [0.15, 0.2) is 0 Å². The van der Waals surface area contributed by atoms with Crippen molar-refractivity contribution < 1.29 is 9.90 Å². The molecule has 0 radical (unpaired) electrons. The number of aliphatic hydroxyl groups is 1. The molecule has 1 fully saturated rings. The molecule has 0 aliphatic heterocycles. The van der Waals surface area contributed by atoms with Crippen molar-refractivity contribution in [3.63, 3.8) is 0 Å². The smallest absolute Gasteiger partial charge is 0.290 e. The number of carbonyl (C=O) groups is 1. The maximum atomic E-state index is 11.8. The van der Waals surface area contributed by atoms with Crippen molar-refractivity contribution in [3.05, 3.63) is 11.6 Å². The Morgan fingerprint density at radius 1 is 1.61 bits per heavy atom. The minimum absolute atomic E-state index is 0.154. The van der Waals surface area contributed by atoms with Crippen molar-refractivity contribution >= 4 is 5.91 Å². The predicted octanol–water partition coefficient (Wildman–Crippen LogP) is 0.820. The van der Waals surface area contributed by atoms with E-state index in [1.54, 1.807) is 0 Å². The summed E-state index contributed by atoms with van der Waals surface area (Å²) in [7, 11) is 0. The highest BCUT2D eigenvalue weighted by Crippen LogP contribution is 2.37. The zero-order chi connectivity index (χ0) is 13.0. The standard InChI is InChI=1S/C12H20N4O2/c1-2-8(5-6-17)7-13-12(18)11-14-10(15-16-11)9-3-4-9/h8-9,17H,2-7H2,1H3,(H,13,18)(H,14,15,16). The molecule has 1 unspecified atom stereocenters. The molecule has 0 bridgehead atoms. The van der Waals surface area contributed by atoms with Crippen LogP contribution in [0.4, 0.5) is 0 Å². The summed E-state index contributed by atoms with van der Waals surface area (Å²) in [5, 5.41) is 18.4. The van der Waals surface area contributed by atoms with E-state index in [2.05, 4.69) is 20.5 Å². The number of aliphatic hydroxyl groups excluding tert-OH is 1. The molecule has 6 heteroatoms. The van der Waals surface area contributed by atoms with Gasteiger partial charge in [0.25, 0.3) is 5.91 Å². The summed E-state index contributed by atoms with van der Waals surface area (Å²) < 4.78 is 0. The highest BCUT2D eigenvalue weighted by Gasteiger charge is 2.28. The van der Waals surface area contributed by atoms with E-state index in [9.17, 15) is 4.79 Å². The summed E-state index contributed by atoms with van der Waals surface area (Å²) in [6.07, 6.45) is 3.90. The Hall–Kier alpha value is -1.43. The molecule has 1 aromatic heterocycles. The number of rotatable bonds is 7. The molecule has 100 valence electrons. The van der Waals surface area contributed by atoms with Crippen LogP contribution in [0.3, 0.4) is 0 Å². The zero-order valence-electron chi connectivity index (χ0n) is 10.6. The summed E-state index contributed by atoms with van der Waals surface area (Å²) in [5.41, 5.74) is 0. The first-order valence-electron chi connectivity index (χ1n) is 6.56. The lowest BCUT2D eigenvalue weighted by Crippen LogP contribution is -2.30. The number of nitrogens with zero attached hydrogens (tertiary/aromatic N) is 2. The van der Waals surface area contributed by atoms with Gasteiger partial charge in [-0.3, -0.25) is 9.89 Å². The second-order valence-electron chi connectivity index (χ2n) is 4.82. The summed E-state index contributed by atoms with van der Waals surface area (Å²) in [5.74, 6) is 1.57. The molecule has 1 amide bonds. The fraction of sp³-hybridized carbons (Fsp3) is 0.750. The number of carbonyl (C=O) groups excluding carboxylic acids is 1. The second kappa shape index (κ2) is 5.95. The predicted molar refractivity (Wildman–Crippen MR) is 66.2 cm³/mol. The SMILES string of the molecule is CCC(CCO)CNC(=O)c1n[nH]c(C2CC2)n1. The lowest BCUT2D eigenvalue weighted by molar-refractivity contribution is 0.0933. The molecule has 0 saturated heterocycles. The van der Waals surface area contributed by atoms with Crippen LogP contribution in [0.1, 0.15) is 55.0 Å². The van der Waals surface area contributed by atoms with Gasteiger partial charge < -0.3 is 10.4 Å². The number of nitrogens with one attached hydrogen (secondary N) is 2. The Kier molecular flexibility index (Phi) is 4.30. The molecule has 1 saturated carbocycles. The number of H-pyrrole nitrogens is 1. The number of hydrogen-bond acceptors (Lipinski definition) is 4. The summed E-state index contributed by atoms with van der Waals surface area (Å²) in [6, 6.07) is 0. The highest BCUT2D eigenvalue weighted by molar-refractivity contribution is 5.90. The van der Waals surface area contributed by atoms with Crippen molar-refractivity contribution in [1.82, 2.24) is 20.5 Å². The van der Waals surface area contributed by atoms with Crippen molar-refractivity contribution in [1.29, 1.82) is 0 Å². The van der Waals surface area contributed by atoms with Gasteiger partial charge in [-0.25, -0.2) is 4.98 Å². The van der Waals surface area contributed by atoms with E-state index in [-0.39, 0.29) is 18.3 Å². The van der Waals surface area contributed by atoms with Crippen LogP contribution in [-0.4, -0.2) is 39.3 Å². The van der Waals surface area contributed by atoms with Gasteiger partial charge in [0.05, 0.1) is 0 Å². The van der Waals surface area contributed by atoms with Crippen LogP contribution >= 0.6 is 0 Å². The third kappa shape index (κ3) is 3.29. The minimum Gasteiger partial charge on any atom is -0.396 e. The van der Waals surface area contributed by atoms with Crippen molar-refractivity contribution in [2.24, 2.45) is 5.92 Å². The van der Waals surface area contributed by atoms with Crippen LogP contribution in [0.25, 0.3) is 0 Å². The Morgan fingerprint density at radius 2 is 2.39 bits per heavy atom. The third-order valence-electron chi connectivity index (χ3n) is 3.34. The van der Waals surface area contributed by atoms with Crippen LogP contribution in [0.2, 0.25) is 0 Å². The fourth-order valence-electron chi connectivity index (χ4n) is 1.86. The fourth-order valence-corrected chi connectivity index (χ4v) is 1.86. The van der Waals surface area contributed by atoms with E-state index in [1.165, 1.54) is 0 Å². The molecule has 1 aromatic rings. The normalized spacial score (nSPS) is 16.6. The molecule has 1 heterocycles. The molecular formula is C12H20N4O2. The maximum absolute atomic E-state index is 11.8. The first kappa shape index (κ1) is 13.0. The molecule has 1 aliphatic carbocycles. The first-order chi connectivity index (χ1) is 8.74. The van der Waals surface area contributed by atoms with Crippen LogP contribution in [0, 0.1) is 5.92 Å². The van der Waals surface area contributed by atoms with Gasteiger partial charge in [-0.15, -0.1) is 5.10 Å². The Morgan fingerprint density at radius 3 is 3.00 bits per heavy atom. The molecule has 2 rings (SSSR count). The monoisotopic (exact) mass is 252 g/mol. The van der Waals surface area contributed by atoms with E-state index < -0.39 is 0 Å². The number of aromatic nitrogens is 3. The second-order valence-corrected chi connectivity index (χ2v) is 4.82. The number of aromatic amines is 1. The topological polar surface area (TPSA) is 90.9 Å². The van der Waals surface area contributed by atoms with Gasteiger partial charge in [0.2, 0.25) is 5.82 Å². The summed E-state index contributed by atoms with van der Waals surface area (Å²) in [4.78, 5) is 16.0. The molecule has 0 spiro atoms. The Balaban J connectivity index is 1.82. The summed E-state index contributed by atoms with van der Waals surface area (Å²) in [6.45, 7) is 2.76. The molecule has 18 heavy (non-hydrogen) atoms. The van der Waals surface area contributed by atoms with E-state index in [4.69, 9.17) is 5.11 Å². The van der Waals surface area contributed by atoms with E-state index in [0.29, 0.717) is 24.8 Å². The van der Waals surface area contributed by atoms with Crippen molar-refractivity contribution in [2.75, 3.05) is 13.2 Å². The lowest BCUT2D eigenvalue weighted by Gasteiger charge is -2.13. The summed E-state index contributed by atoms with van der Waals surface area (Å²) >= 11 is 0. The van der Waals surface area contributed by atoms with E-state index in [0.717, 1.165) is 25.1 Å². The molecule has 1 aliphatic rings. The van der Waals surface area contributed by atoms with Gasteiger partial charge in [0.1, 0.15) is 5.82 Å². The molecule has 1 atom stereocenters. The molecule has 6 nitrogen and oxygen atoms in total. The van der Waals surface area contributed by atoms with Crippen molar-refractivity contribution in [3.8, 4) is 0 Å². The van der Waals surface area contributed by atoms with Gasteiger partial charge in [-0.1, -0.05) is 13.3 Å². The maximum Gasteiger partial charge on any atom is 0.290 e. The van der Waals surface area contributed by atoms with Crippen LogP contribution < -0.4 is 5.32 Å². The van der Waals surface area contributed by atoms with E-state index >= 15 is 0 Å². The zero-order valence-corrected chi connectivity index (χ0v) is 10.6. The van der Waals surface area contributed by atoms with E-state index in [1.807, 2.05) is 6.92 Å². The third-order valence-corrected chi connectivity index (χ3v) is 3.34. The van der Waals surface area contributed by atoms with Crippen molar-refractivity contribution in [2.45, 2.75) is 38.5 Å². The average Bonchev–Trinajstić information content (AvgIpc) is 3.12. The molecule has 0 aromatic carbocycles. The first-order valence-corrected chi connectivity index (χ1v) is 6.56. The minimum atomic E-state index is -0.241. The molecule has 3 N–H and O–H groups in total. The van der Waals surface area contributed by atoms with Crippen LogP contribution in [0.15, 0.2) is 0 Å². The number of amides is 1. The van der Waals surface area contributed by atoms with Gasteiger partial charge in [-0.05, 0) is 25.2 Å². The van der Waals surface area contributed by atoms with Crippen LogP contribution in [-0.2, 0) is 0 Å². The Labute approximate surface area is 106 Å². The molecular weight excluding hydrogens is 232 g/mol. The Bertz CT molecular complexity index is 401. The van der Waals surface area contributed by atoms with Gasteiger partial charge in [-0.2, -0.15) is 0 Å².